The molecule has 0 unspecified atom stereocenters. The highest BCUT2D eigenvalue weighted by atomic mass is 16.5. The lowest BCUT2D eigenvalue weighted by Crippen LogP contribution is -2.46. The van der Waals surface area contributed by atoms with Crippen LogP contribution in [0.2, 0.25) is 0 Å². The highest BCUT2D eigenvalue weighted by Gasteiger charge is 2.54. The van der Waals surface area contributed by atoms with Crippen molar-refractivity contribution < 1.29 is 23.9 Å². The van der Waals surface area contributed by atoms with Gasteiger partial charge in [-0.15, -0.1) is 0 Å². The zero-order valence-corrected chi connectivity index (χ0v) is 19.6. The summed E-state index contributed by atoms with van der Waals surface area (Å²) in [6.45, 7) is 0.0160. The Hall–Kier alpha value is -4.33. The fourth-order valence-corrected chi connectivity index (χ4v) is 4.15. The summed E-state index contributed by atoms with van der Waals surface area (Å²) in [5.41, 5.74) is 0.698. The summed E-state index contributed by atoms with van der Waals surface area (Å²) in [6.07, 6.45) is 0.647. The van der Waals surface area contributed by atoms with E-state index in [2.05, 4.69) is 10.6 Å². The van der Waals surface area contributed by atoms with E-state index in [0.717, 1.165) is 10.5 Å². The summed E-state index contributed by atoms with van der Waals surface area (Å²) < 4.78 is 10.5. The maximum absolute atomic E-state index is 13.8. The predicted molar refractivity (Wildman–Crippen MR) is 130 cm³/mol. The number of amides is 4. The van der Waals surface area contributed by atoms with Crippen molar-refractivity contribution in [2.45, 2.75) is 12.0 Å². The average Bonchev–Trinajstić information content (AvgIpc) is 3.15. The van der Waals surface area contributed by atoms with Gasteiger partial charge in [-0.1, -0.05) is 54.6 Å². The fourth-order valence-electron chi connectivity index (χ4n) is 4.15. The van der Waals surface area contributed by atoms with Gasteiger partial charge < -0.3 is 20.1 Å². The zero-order valence-electron chi connectivity index (χ0n) is 19.6. The number of urea groups is 1. The van der Waals surface area contributed by atoms with Gasteiger partial charge in [-0.25, -0.2) is 4.79 Å². The number of benzene rings is 3. The minimum absolute atomic E-state index is 0.381. The summed E-state index contributed by atoms with van der Waals surface area (Å²) in [5, 5.41) is 5.63. The molecule has 4 rings (SSSR count). The number of nitrogens with one attached hydrogen (secondary N) is 2. The van der Waals surface area contributed by atoms with Crippen molar-refractivity contribution in [1.82, 2.24) is 15.5 Å². The molecule has 0 aromatic heterocycles. The van der Waals surface area contributed by atoms with Crippen molar-refractivity contribution in [2.24, 2.45) is 0 Å². The van der Waals surface area contributed by atoms with E-state index in [-0.39, 0.29) is 6.54 Å². The second-order valence-electron chi connectivity index (χ2n) is 8.11. The van der Waals surface area contributed by atoms with Crippen LogP contribution in [0, 0.1) is 0 Å². The molecule has 3 aromatic rings. The average molecular weight is 474 g/mol. The largest absolute Gasteiger partial charge is 0.497 e. The molecule has 4 amide bonds. The molecule has 1 aliphatic rings. The molecule has 1 saturated heterocycles. The van der Waals surface area contributed by atoms with Gasteiger partial charge in [0.25, 0.3) is 5.91 Å². The third kappa shape index (κ3) is 4.82. The van der Waals surface area contributed by atoms with Crippen molar-refractivity contribution >= 4 is 17.8 Å². The van der Waals surface area contributed by atoms with Crippen LogP contribution in [0.25, 0.3) is 0 Å². The number of carbonyl (C=O) groups is 3. The molecule has 8 heteroatoms. The van der Waals surface area contributed by atoms with Gasteiger partial charge in [0.15, 0.2) is 5.54 Å². The molecule has 180 valence electrons. The molecule has 0 radical (unpaired) electrons. The summed E-state index contributed by atoms with van der Waals surface area (Å²) in [4.78, 5) is 40.3. The normalized spacial score (nSPS) is 14.4. The molecule has 1 heterocycles. The Morgan fingerprint density at radius 2 is 1.40 bits per heavy atom. The van der Waals surface area contributed by atoms with Crippen LogP contribution in [0.15, 0.2) is 78.9 Å². The molecule has 0 aliphatic carbocycles. The highest BCUT2D eigenvalue weighted by Crippen LogP contribution is 2.37. The minimum Gasteiger partial charge on any atom is -0.497 e. The van der Waals surface area contributed by atoms with E-state index in [4.69, 9.17) is 9.47 Å². The van der Waals surface area contributed by atoms with E-state index < -0.39 is 23.4 Å². The van der Waals surface area contributed by atoms with Crippen LogP contribution in [0.5, 0.6) is 11.5 Å². The van der Waals surface area contributed by atoms with E-state index in [1.807, 2.05) is 30.3 Å². The molecule has 1 aliphatic heterocycles. The van der Waals surface area contributed by atoms with Gasteiger partial charge in [0, 0.05) is 6.54 Å². The minimum atomic E-state index is -1.49. The highest BCUT2D eigenvalue weighted by molar-refractivity contribution is 6.11. The molecule has 1 fully saturated rings. The number of hydrogen-bond acceptors (Lipinski definition) is 5. The maximum atomic E-state index is 13.8. The van der Waals surface area contributed by atoms with Gasteiger partial charge in [0.1, 0.15) is 18.0 Å². The first-order valence-electron chi connectivity index (χ1n) is 11.2. The lowest BCUT2D eigenvalue weighted by molar-refractivity contribution is -0.134. The SMILES string of the molecule is COc1ccc(C2(c3ccc(OC)cc3)NC(=O)N(CC(=O)NCCc3ccccc3)C2=O)cc1. The smallest absolute Gasteiger partial charge is 0.326 e. The van der Waals surface area contributed by atoms with E-state index in [1.165, 1.54) is 0 Å². The van der Waals surface area contributed by atoms with Crippen LogP contribution >= 0.6 is 0 Å². The van der Waals surface area contributed by atoms with Crippen LogP contribution in [0.1, 0.15) is 16.7 Å². The maximum Gasteiger partial charge on any atom is 0.326 e. The van der Waals surface area contributed by atoms with Gasteiger partial charge in [-0.2, -0.15) is 0 Å². The first kappa shape index (κ1) is 23.8. The first-order chi connectivity index (χ1) is 17.0. The summed E-state index contributed by atoms with van der Waals surface area (Å²) in [6, 6.07) is 22.9. The molecule has 35 heavy (non-hydrogen) atoms. The summed E-state index contributed by atoms with van der Waals surface area (Å²) in [5.74, 6) is 0.288. The topological polar surface area (TPSA) is 97.0 Å². The van der Waals surface area contributed by atoms with Crippen molar-refractivity contribution in [3.63, 3.8) is 0 Å². The number of hydrogen-bond donors (Lipinski definition) is 2. The molecule has 2 N–H and O–H groups in total. The molecule has 0 spiro atoms. The van der Waals surface area contributed by atoms with Crippen LogP contribution in [0.3, 0.4) is 0 Å². The van der Waals surface area contributed by atoms with Crippen LogP contribution in [0.4, 0.5) is 4.79 Å². The van der Waals surface area contributed by atoms with Crippen molar-refractivity contribution in [3.8, 4) is 11.5 Å². The van der Waals surface area contributed by atoms with Crippen LogP contribution < -0.4 is 20.1 Å². The van der Waals surface area contributed by atoms with Gasteiger partial charge in [-0.3, -0.25) is 14.5 Å². The fraction of sp³-hybridized carbons (Fsp3) is 0.222. The quantitative estimate of drug-likeness (QED) is 0.466. The number of carbonyl (C=O) groups excluding carboxylic acids is 3. The van der Waals surface area contributed by atoms with Crippen molar-refractivity contribution in [2.75, 3.05) is 27.3 Å². The number of rotatable bonds is 9. The van der Waals surface area contributed by atoms with Gasteiger partial charge in [0.2, 0.25) is 5.91 Å². The number of nitrogens with zero attached hydrogens (tertiary/aromatic N) is 1. The van der Waals surface area contributed by atoms with Gasteiger partial charge in [-0.05, 0) is 47.4 Å². The molecule has 0 atom stereocenters. The monoisotopic (exact) mass is 473 g/mol. The lowest BCUT2D eigenvalue weighted by Gasteiger charge is -2.28. The predicted octanol–water partition coefficient (Wildman–Crippen LogP) is 2.86. The Kier molecular flexibility index (Phi) is 7.01. The number of methoxy groups -OCH3 is 2. The van der Waals surface area contributed by atoms with Crippen LogP contribution in [-0.2, 0) is 21.5 Å². The first-order valence-corrected chi connectivity index (χ1v) is 11.2. The molecule has 0 bridgehead atoms. The van der Waals surface area contributed by atoms with E-state index >= 15 is 0 Å². The molecular weight excluding hydrogens is 446 g/mol. The van der Waals surface area contributed by atoms with Gasteiger partial charge >= 0.3 is 6.03 Å². The standard InChI is InChI=1S/C27H27N3O5/c1-34-22-12-8-20(9-13-22)27(21-10-14-23(35-2)15-11-21)25(32)30(26(33)29-27)18-24(31)28-17-16-19-6-4-3-5-7-19/h3-15H,16-18H2,1-2H3,(H,28,31)(H,29,33). The molecule has 3 aromatic carbocycles. The third-order valence-corrected chi connectivity index (χ3v) is 6.03. The Bertz CT molecular complexity index is 1150. The van der Waals surface area contributed by atoms with Crippen molar-refractivity contribution in [3.05, 3.63) is 95.6 Å². The molecular formula is C27H27N3O5. The second-order valence-corrected chi connectivity index (χ2v) is 8.11. The Labute approximate surface area is 203 Å². The lowest BCUT2D eigenvalue weighted by atomic mass is 9.82. The van der Waals surface area contributed by atoms with E-state index in [1.54, 1.807) is 62.8 Å². The molecule has 0 saturated carbocycles. The third-order valence-electron chi connectivity index (χ3n) is 6.03. The number of imide groups is 1. The zero-order chi connectivity index (χ0) is 24.8. The van der Waals surface area contributed by atoms with Crippen molar-refractivity contribution in [1.29, 1.82) is 0 Å². The van der Waals surface area contributed by atoms with Gasteiger partial charge in [0.05, 0.1) is 14.2 Å². The number of ether oxygens (including phenoxy) is 2. The van der Waals surface area contributed by atoms with E-state index in [0.29, 0.717) is 35.6 Å². The van der Waals surface area contributed by atoms with E-state index in [9.17, 15) is 14.4 Å². The Morgan fingerprint density at radius 1 is 0.857 bits per heavy atom. The van der Waals surface area contributed by atoms with Crippen LogP contribution in [-0.4, -0.2) is 50.1 Å². The second kappa shape index (κ2) is 10.3. The summed E-state index contributed by atoms with van der Waals surface area (Å²) >= 11 is 0. The Balaban J connectivity index is 1.57. The molecule has 8 nitrogen and oxygen atoms in total. The Morgan fingerprint density at radius 3 is 1.91 bits per heavy atom. The summed E-state index contributed by atoms with van der Waals surface area (Å²) in [7, 11) is 3.10.